The highest BCUT2D eigenvalue weighted by Crippen LogP contribution is 2.20. The maximum absolute atomic E-state index is 12.6. The molecular weight excluding hydrogens is 1020 g/mol. The van der Waals surface area contributed by atoms with Crippen LogP contribution in [0.3, 0.4) is 0 Å². The molecule has 0 aliphatic rings. The molecule has 0 radical (unpaired) electrons. The molecule has 6 nitrogen and oxygen atoms in total. The smallest absolute Gasteiger partial charge is 0.305 e. The third-order valence-electron chi connectivity index (χ3n) is 18.0. The highest BCUT2D eigenvalue weighted by atomic mass is 16.5. The first-order chi connectivity index (χ1) is 41.0. The summed E-state index contributed by atoms with van der Waals surface area (Å²) in [7, 11) is 0. The Kier molecular flexibility index (Phi) is 71.4. The summed E-state index contributed by atoms with van der Waals surface area (Å²) in [5, 5.41) is 23.5. The number of nitrogens with one attached hydrogen (secondary N) is 1. The van der Waals surface area contributed by atoms with Crippen LogP contribution in [0.25, 0.3) is 0 Å². The van der Waals surface area contributed by atoms with E-state index < -0.39 is 12.1 Å². The number of hydrogen-bond acceptors (Lipinski definition) is 5. The van der Waals surface area contributed by atoms with Crippen molar-refractivity contribution >= 4 is 11.9 Å². The molecule has 0 aliphatic carbocycles. The van der Waals surface area contributed by atoms with E-state index in [0.29, 0.717) is 25.9 Å². The Bertz CT molecular complexity index is 1300. The molecule has 6 heteroatoms. The number of rotatable bonds is 72. The molecule has 0 aromatic heterocycles. The van der Waals surface area contributed by atoms with Gasteiger partial charge in [-0.05, 0) is 57.8 Å². The van der Waals surface area contributed by atoms with E-state index in [9.17, 15) is 19.8 Å². The lowest BCUT2D eigenvalue weighted by atomic mass is 10.0. The van der Waals surface area contributed by atoms with Crippen LogP contribution in [0.4, 0.5) is 0 Å². The van der Waals surface area contributed by atoms with E-state index in [2.05, 4.69) is 43.5 Å². The average molecular weight is 1170 g/mol. The lowest BCUT2D eigenvalue weighted by Gasteiger charge is -2.22. The Morgan fingerprint density at radius 3 is 0.940 bits per heavy atom. The Balaban J connectivity index is 3.35. The van der Waals surface area contributed by atoms with Gasteiger partial charge in [-0.1, -0.05) is 385 Å². The van der Waals surface area contributed by atoms with E-state index in [1.54, 1.807) is 0 Å². The zero-order chi connectivity index (χ0) is 59.9. The summed E-state index contributed by atoms with van der Waals surface area (Å²) in [6.07, 6.45) is 92.5. The van der Waals surface area contributed by atoms with Crippen molar-refractivity contribution in [1.29, 1.82) is 0 Å². The van der Waals surface area contributed by atoms with Crippen LogP contribution in [0, 0.1) is 0 Å². The van der Waals surface area contributed by atoms with Gasteiger partial charge in [0, 0.05) is 12.8 Å². The molecule has 492 valence electrons. The number of carbonyl (C=O) groups is 2. The first kappa shape index (κ1) is 81.3. The van der Waals surface area contributed by atoms with E-state index in [-0.39, 0.29) is 18.5 Å². The largest absolute Gasteiger partial charge is 0.466 e. The number of aliphatic hydroxyl groups excluding tert-OH is 2. The van der Waals surface area contributed by atoms with Gasteiger partial charge in [0.15, 0.2) is 0 Å². The highest BCUT2D eigenvalue weighted by molar-refractivity contribution is 5.76. The first-order valence-corrected chi connectivity index (χ1v) is 38.1. The van der Waals surface area contributed by atoms with Gasteiger partial charge < -0.3 is 20.3 Å². The molecule has 1 amide bonds. The van der Waals surface area contributed by atoms with Crippen molar-refractivity contribution in [1.82, 2.24) is 5.32 Å². The Morgan fingerprint density at radius 1 is 0.337 bits per heavy atom. The van der Waals surface area contributed by atoms with Crippen LogP contribution in [0.1, 0.15) is 431 Å². The van der Waals surface area contributed by atoms with Gasteiger partial charge in [-0.3, -0.25) is 9.59 Å². The van der Waals surface area contributed by atoms with Gasteiger partial charge >= 0.3 is 5.97 Å². The number of allylic oxidation sites excluding steroid dienone is 4. The standard InChI is InChI=1S/C77H149NO5/c1-3-5-7-9-11-13-15-17-19-21-22-23-31-34-38-41-45-49-53-57-61-65-69-75(80)74(73-79)78-76(81)70-66-62-58-54-50-46-42-39-35-32-29-27-25-24-26-28-30-33-36-40-44-48-52-56-60-64-68-72-83-77(82)71-67-63-59-55-51-47-43-37-20-18-16-14-12-10-8-6-4-2/h12,14,18,20,74-75,79-80H,3-11,13,15-17,19,21-73H2,1-2H3,(H,78,81)/b14-12-,20-18-. The summed E-state index contributed by atoms with van der Waals surface area (Å²) in [5.41, 5.74) is 0. The molecule has 0 fully saturated rings. The maximum atomic E-state index is 12.6. The molecule has 2 unspecified atom stereocenters. The number of ether oxygens (including phenoxy) is 1. The number of esters is 1. The van der Waals surface area contributed by atoms with Crippen LogP contribution in [-0.4, -0.2) is 47.4 Å². The molecule has 0 aromatic carbocycles. The average Bonchev–Trinajstić information content (AvgIpc) is 3.49. The van der Waals surface area contributed by atoms with Crippen LogP contribution < -0.4 is 5.32 Å². The molecule has 0 rings (SSSR count). The van der Waals surface area contributed by atoms with Crippen molar-refractivity contribution in [3.63, 3.8) is 0 Å². The molecule has 83 heavy (non-hydrogen) atoms. The van der Waals surface area contributed by atoms with Crippen LogP contribution in [0.5, 0.6) is 0 Å². The van der Waals surface area contributed by atoms with Crippen molar-refractivity contribution in [2.24, 2.45) is 0 Å². The Morgan fingerprint density at radius 2 is 0.602 bits per heavy atom. The van der Waals surface area contributed by atoms with Crippen LogP contribution in [0.2, 0.25) is 0 Å². The SMILES string of the molecule is CCCCC/C=C\C/C=C\CCCCCCCCCC(=O)OCCCCCCCCCCCCCCCCCCCCCCCCCCCCCC(=O)NC(CO)C(O)CCCCCCCCCCCCCCCCCCCCCCCC. The van der Waals surface area contributed by atoms with E-state index >= 15 is 0 Å². The third kappa shape index (κ3) is 69.3. The van der Waals surface area contributed by atoms with Gasteiger partial charge in [-0.2, -0.15) is 0 Å². The van der Waals surface area contributed by atoms with Crippen LogP contribution in [0.15, 0.2) is 24.3 Å². The van der Waals surface area contributed by atoms with Gasteiger partial charge in [0.05, 0.1) is 25.4 Å². The number of unbranched alkanes of at least 4 members (excludes halogenated alkanes) is 57. The Labute approximate surface area is 520 Å². The fourth-order valence-electron chi connectivity index (χ4n) is 12.2. The lowest BCUT2D eigenvalue weighted by molar-refractivity contribution is -0.143. The minimum atomic E-state index is -0.664. The molecule has 0 heterocycles. The molecule has 0 saturated carbocycles. The molecule has 0 aliphatic heterocycles. The van der Waals surface area contributed by atoms with E-state index in [4.69, 9.17) is 4.74 Å². The Hall–Kier alpha value is -1.66. The molecule has 0 bridgehead atoms. The normalized spacial score (nSPS) is 12.6. The summed E-state index contributed by atoms with van der Waals surface area (Å²) in [6, 6.07) is -0.540. The summed E-state index contributed by atoms with van der Waals surface area (Å²) in [4.78, 5) is 24.7. The molecular formula is C77H149NO5. The molecule has 0 saturated heterocycles. The number of aliphatic hydroxyl groups is 2. The number of amides is 1. The monoisotopic (exact) mass is 1170 g/mol. The highest BCUT2D eigenvalue weighted by Gasteiger charge is 2.20. The van der Waals surface area contributed by atoms with Crippen molar-refractivity contribution in [3.05, 3.63) is 24.3 Å². The van der Waals surface area contributed by atoms with Gasteiger partial charge in [-0.15, -0.1) is 0 Å². The molecule has 0 spiro atoms. The quantitative estimate of drug-likeness (QED) is 0.0320. The predicted molar refractivity (Wildman–Crippen MR) is 366 cm³/mol. The van der Waals surface area contributed by atoms with E-state index in [1.807, 2.05) is 0 Å². The summed E-state index contributed by atoms with van der Waals surface area (Å²) >= 11 is 0. The zero-order valence-electron chi connectivity index (χ0n) is 56.5. The van der Waals surface area contributed by atoms with Crippen molar-refractivity contribution in [2.75, 3.05) is 13.2 Å². The van der Waals surface area contributed by atoms with Crippen LogP contribution in [-0.2, 0) is 14.3 Å². The summed E-state index contributed by atoms with van der Waals surface area (Å²) in [6.45, 7) is 4.97. The van der Waals surface area contributed by atoms with E-state index in [1.165, 1.54) is 347 Å². The number of hydrogen-bond donors (Lipinski definition) is 3. The van der Waals surface area contributed by atoms with Crippen LogP contribution >= 0.6 is 0 Å². The third-order valence-corrected chi connectivity index (χ3v) is 18.0. The zero-order valence-corrected chi connectivity index (χ0v) is 56.5. The fourth-order valence-corrected chi connectivity index (χ4v) is 12.2. The summed E-state index contributed by atoms with van der Waals surface area (Å²) in [5.74, 6) is -0.0157. The van der Waals surface area contributed by atoms with Crippen molar-refractivity contribution in [2.45, 2.75) is 443 Å². The minimum Gasteiger partial charge on any atom is -0.466 e. The second-order valence-corrected chi connectivity index (χ2v) is 26.3. The topological polar surface area (TPSA) is 95.9 Å². The second kappa shape index (κ2) is 72.8. The lowest BCUT2D eigenvalue weighted by Crippen LogP contribution is -2.45. The first-order valence-electron chi connectivity index (χ1n) is 38.1. The summed E-state index contributed by atoms with van der Waals surface area (Å²) < 4.78 is 5.50. The van der Waals surface area contributed by atoms with E-state index in [0.717, 1.165) is 51.4 Å². The van der Waals surface area contributed by atoms with Crippen molar-refractivity contribution < 1.29 is 24.5 Å². The van der Waals surface area contributed by atoms with Gasteiger partial charge in [0.25, 0.3) is 0 Å². The van der Waals surface area contributed by atoms with Crippen molar-refractivity contribution in [3.8, 4) is 0 Å². The number of carbonyl (C=O) groups excluding carboxylic acids is 2. The van der Waals surface area contributed by atoms with Gasteiger partial charge in [0.1, 0.15) is 0 Å². The molecule has 2 atom stereocenters. The molecule has 3 N–H and O–H groups in total. The minimum absolute atomic E-state index is 0.0114. The molecule has 0 aromatic rings. The van der Waals surface area contributed by atoms with Gasteiger partial charge in [0.2, 0.25) is 5.91 Å². The predicted octanol–water partition coefficient (Wildman–Crippen LogP) is 24.9. The maximum Gasteiger partial charge on any atom is 0.305 e. The van der Waals surface area contributed by atoms with Gasteiger partial charge in [-0.25, -0.2) is 0 Å². The fraction of sp³-hybridized carbons (Fsp3) is 0.922. The second-order valence-electron chi connectivity index (χ2n) is 26.3.